The van der Waals surface area contributed by atoms with E-state index in [0.717, 1.165) is 44.5 Å². The molecule has 16 aromatic rings. The summed E-state index contributed by atoms with van der Waals surface area (Å²) in [7, 11) is 0. The van der Waals surface area contributed by atoms with Gasteiger partial charge in [-0.05, 0) is 336 Å². The van der Waals surface area contributed by atoms with E-state index in [1.807, 2.05) is 194 Å². The molecule has 0 atom stereocenters. The first-order valence-electron chi connectivity index (χ1n) is 40.5. The molecule has 16 rings (SSSR count). The Morgan fingerprint density at radius 2 is 0.262 bits per heavy atom. The molecule has 130 heavy (non-hydrogen) atoms. The average Bonchev–Trinajstić information content (AvgIpc) is 0.734. The minimum absolute atomic E-state index is 0.270. The molecule has 0 aliphatic rings. The zero-order valence-electron chi connectivity index (χ0n) is 69.5. The molecule has 0 fully saturated rings. The second kappa shape index (κ2) is 39.9. The average molecular weight is 1680 g/mol. The van der Waals surface area contributed by atoms with Crippen LogP contribution in [-0.4, -0.2) is 23.9 Å². The largest absolute Gasteiger partial charge is 0.457 e. The van der Waals surface area contributed by atoms with Crippen molar-refractivity contribution in [2.75, 3.05) is 0 Å². The number of rotatable bonds is 24. The van der Waals surface area contributed by atoms with Crippen molar-refractivity contribution in [2.45, 2.75) is 10.8 Å². The van der Waals surface area contributed by atoms with Crippen LogP contribution in [0, 0.1) is 98.8 Å². The fraction of sp³-hybridized carbons (Fsp3) is 0.0169. The third kappa shape index (κ3) is 19.9. The monoisotopic (exact) mass is 1680 g/mol. The van der Waals surface area contributed by atoms with Gasteiger partial charge in [0.25, 0.3) is 0 Å². The Bertz CT molecular complexity index is 6270. The van der Waals surface area contributed by atoms with Crippen LogP contribution >= 0.6 is 0 Å². The van der Waals surface area contributed by atoms with Crippen molar-refractivity contribution in [3.05, 3.63) is 500 Å². The lowest BCUT2D eigenvalue weighted by Crippen LogP contribution is -2.31. The molecule has 0 radical (unpaired) electrons. The van der Waals surface area contributed by atoms with Crippen LogP contribution in [-0.2, 0) is 10.8 Å². The molecule has 616 valence electrons. The molecule has 0 spiro atoms. The molecule has 0 amide bonds. The fourth-order valence-electron chi connectivity index (χ4n) is 14.7. The number of carbonyl (C=O) groups is 4. The van der Waals surface area contributed by atoms with Gasteiger partial charge in [-0.2, -0.15) is 0 Å². The van der Waals surface area contributed by atoms with Crippen molar-refractivity contribution in [2.24, 2.45) is 0 Å². The standard InChI is InChI=1S/C61H36O8.C57H36O4/c1-5-41-9-17-45(18-10-41)57(62)66-53-33-25-49(26-34-53)61(50-27-35-54(36-28-50)67-58(63)46-19-11-42(6-2)12-20-46,51-29-37-55(38-30-51)68-59(64)47-21-13-43(7-3)14-22-47)52-31-39-56(40-32-52)69-60(65)48-23-15-44(8-4)16-24-48;1-5-41-9-25-49(26-10-41)58-53-33-17-45(18-34-53)57(46-19-35-54(36-20-46)59-50-27-11-42(6-2)12-28-50,47-21-37-55(38-22-47)60-51-29-13-43(7-3)14-30-51)48-23-39-56(40-24-48)61-52-31-15-44(8-4)16-32-52/h1-4,9-40H;1-4,9-40H. The van der Waals surface area contributed by atoms with Crippen LogP contribution in [0.1, 0.15) is 130 Å². The number of hydrogen-bond acceptors (Lipinski definition) is 12. The zero-order valence-corrected chi connectivity index (χ0v) is 69.5. The number of carbonyl (C=O) groups excluding carboxylic acids is 4. The van der Waals surface area contributed by atoms with Crippen LogP contribution in [0.25, 0.3) is 0 Å². The summed E-state index contributed by atoms with van der Waals surface area (Å²) in [5.41, 5.74) is 11.6. The van der Waals surface area contributed by atoms with Gasteiger partial charge in [-0.1, -0.05) is 144 Å². The van der Waals surface area contributed by atoms with Gasteiger partial charge in [0.15, 0.2) is 0 Å². The van der Waals surface area contributed by atoms with Gasteiger partial charge in [0.1, 0.15) is 69.0 Å². The third-order valence-electron chi connectivity index (χ3n) is 21.3. The summed E-state index contributed by atoms with van der Waals surface area (Å²) in [6.07, 6.45) is 44.3. The van der Waals surface area contributed by atoms with E-state index >= 15 is 0 Å². The number of terminal acetylenes is 8. The van der Waals surface area contributed by atoms with E-state index in [1.54, 1.807) is 146 Å². The molecule has 0 saturated carbocycles. The van der Waals surface area contributed by atoms with Crippen molar-refractivity contribution in [3.63, 3.8) is 0 Å². The van der Waals surface area contributed by atoms with Crippen molar-refractivity contribution in [1.29, 1.82) is 0 Å². The Labute approximate surface area is 754 Å². The normalized spacial score (nSPS) is 10.5. The first kappa shape index (κ1) is 86.0. The van der Waals surface area contributed by atoms with E-state index in [0.29, 0.717) is 113 Å². The summed E-state index contributed by atoms with van der Waals surface area (Å²) < 4.78 is 48.3. The lowest BCUT2D eigenvalue weighted by molar-refractivity contribution is 0.0725. The van der Waals surface area contributed by atoms with Gasteiger partial charge in [0, 0.05) is 44.5 Å². The molecule has 0 aliphatic heterocycles. The third-order valence-corrected chi connectivity index (χ3v) is 21.3. The summed E-state index contributed by atoms with van der Waals surface area (Å²) in [6, 6.07) is 116. The highest BCUT2D eigenvalue weighted by atomic mass is 16.5. The Kier molecular flexibility index (Phi) is 26.4. The van der Waals surface area contributed by atoms with Crippen LogP contribution in [0.5, 0.6) is 69.0 Å². The summed E-state index contributed by atoms with van der Waals surface area (Å²) in [4.78, 5) is 53.0. The van der Waals surface area contributed by atoms with Gasteiger partial charge in [-0.3, -0.25) is 0 Å². The van der Waals surface area contributed by atoms with Gasteiger partial charge < -0.3 is 37.9 Å². The highest BCUT2D eigenvalue weighted by Gasteiger charge is 2.41. The summed E-state index contributed by atoms with van der Waals surface area (Å²) >= 11 is 0. The lowest BCUT2D eigenvalue weighted by atomic mass is 9.65. The molecule has 12 heteroatoms. The van der Waals surface area contributed by atoms with Crippen LogP contribution in [0.2, 0.25) is 0 Å². The Morgan fingerprint density at radius 3 is 0.385 bits per heavy atom. The van der Waals surface area contributed by atoms with E-state index in [2.05, 4.69) is 95.9 Å². The maximum Gasteiger partial charge on any atom is 0.343 e. The lowest BCUT2D eigenvalue weighted by Gasteiger charge is -2.37. The molecular weight excluding hydrogens is 1610 g/mol. The fourth-order valence-corrected chi connectivity index (χ4v) is 14.7. The van der Waals surface area contributed by atoms with Crippen molar-refractivity contribution in [1.82, 2.24) is 0 Å². The van der Waals surface area contributed by atoms with E-state index in [-0.39, 0.29) is 23.0 Å². The second-order valence-electron chi connectivity index (χ2n) is 29.2. The van der Waals surface area contributed by atoms with Gasteiger partial charge in [0.05, 0.1) is 33.1 Å². The molecule has 16 aromatic carbocycles. The highest BCUT2D eigenvalue weighted by molar-refractivity contribution is 5.93. The van der Waals surface area contributed by atoms with Crippen LogP contribution in [0.3, 0.4) is 0 Å². The summed E-state index contributed by atoms with van der Waals surface area (Å²) in [5.74, 6) is 24.9. The molecule has 0 bridgehead atoms. The second-order valence-corrected chi connectivity index (χ2v) is 29.2. The molecule has 0 saturated heterocycles. The molecule has 0 heterocycles. The van der Waals surface area contributed by atoms with E-state index in [4.69, 9.17) is 89.3 Å². The van der Waals surface area contributed by atoms with Crippen molar-refractivity contribution >= 4 is 23.9 Å². The Balaban J connectivity index is 0.000000201. The molecule has 0 unspecified atom stereocenters. The van der Waals surface area contributed by atoms with Crippen molar-refractivity contribution in [3.8, 4) is 168 Å². The Hall–Kier alpha value is -18.9. The van der Waals surface area contributed by atoms with Gasteiger partial charge >= 0.3 is 23.9 Å². The SMILES string of the molecule is C#Cc1ccc(C(=O)Oc2ccc(C(c3ccc(OC(=O)c4ccc(C#C)cc4)cc3)(c3ccc(OC(=O)c4ccc(C#C)cc4)cc3)c3ccc(OC(=O)c4ccc(C#C)cc4)cc3)cc2)cc1.C#Cc1ccc(Oc2ccc(C(c3ccc(Oc4ccc(C#C)cc4)cc3)(c3ccc(Oc4ccc(C#C)cc4)cc3)c3ccc(Oc4ccc(C#C)cc4)cc3)cc2)cc1. The smallest absolute Gasteiger partial charge is 0.343 e. The molecule has 0 aliphatic carbocycles. The first-order chi connectivity index (χ1) is 63.5. The predicted molar refractivity (Wildman–Crippen MR) is 505 cm³/mol. The van der Waals surface area contributed by atoms with E-state index in [1.165, 1.54) is 0 Å². The minimum Gasteiger partial charge on any atom is -0.457 e. The summed E-state index contributed by atoms with van der Waals surface area (Å²) in [5, 5.41) is 0. The maximum absolute atomic E-state index is 13.2. The number of benzene rings is 16. The first-order valence-corrected chi connectivity index (χ1v) is 40.5. The Morgan fingerprint density at radius 1 is 0.154 bits per heavy atom. The summed E-state index contributed by atoms with van der Waals surface area (Å²) in [6.45, 7) is 0. The predicted octanol–water partition coefficient (Wildman–Crippen LogP) is 24.0. The van der Waals surface area contributed by atoms with Crippen molar-refractivity contribution < 1.29 is 57.1 Å². The molecule has 0 N–H and O–H groups in total. The van der Waals surface area contributed by atoms with E-state index < -0.39 is 34.7 Å². The van der Waals surface area contributed by atoms with Crippen LogP contribution < -0.4 is 37.9 Å². The van der Waals surface area contributed by atoms with Gasteiger partial charge in [-0.15, -0.1) is 51.4 Å². The zero-order chi connectivity index (χ0) is 90.4. The number of esters is 4. The quantitative estimate of drug-likeness (QED) is 0.0246. The number of hydrogen-bond donors (Lipinski definition) is 0. The van der Waals surface area contributed by atoms with Crippen LogP contribution in [0.15, 0.2) is 388 Å². The topological polar surface area (TPSA) is 142 Å². The maximum atomic E-state index is 13.2. The van der Waals surface area contributed by atoms with Gasteiger partial charge in [-0.25, -0.2) is 19.2 Å². The van der Waals surface area contributed by atoms with Gasteiger partial charge in [0.2, 0.25) is 0 Å². The molecular formula is C118H72O12. The molecule has 0 aromatic heterocycles. The van der Waals surface area contributed by atoms with E-state index in [9.17, 15) is 19.2 Å². The van der Waals surface area contributed by atoms with Crippen LogP contribution in [0.4, 0.5) is 0 Å². The number of ether oxygens (including phenoxy) is 8. The minimum atomic E-state index is -1.19. The molecule has 12 nitrogen and oxygen atoms in total. The highest BCUT2D eigenvalue weighted by Crippen LogP contribution is 2.50.